The number of carbonyl (C=O) groups excluding carboxylic acids is 1. The summed E-state index contributed by atoms with van der Waals surface area (Å²) in [5.41, 5.74) is 0.870. The number of aromatic amines is 1. The second kappa shape index (κ2) is 8.47. The van der Waals surface area contributed by atoms with E-state index in [0.29, 0.717) is 27.8 Å². The van der Waals surface area contributed by atoms with Gasteiger partial charge in [-0.2, -0.15) is 13.2 Å². The molecule has 0 unspecified atom stereocenters. The van der Waals surface area contributed by atoms with Crippen LogP contribution in [0.5, 0.6) is 0 Å². The molecule has 1 aromatic carbocycles. The topological polar surface area (TPSA) is 90.9 Å². The highest BCUT2D eigenvalue weighted by Crippen LogP contribution is 2.27. The van der Waals surface area contributed by atoms with Gasteiger partial charge in [-0.15, -0.1) is 0 Å². The first-order chi connectivity index (χ1) is 14.6. The summed E-state index contributed by atoms with van der Waals surface area (Å²) < 4.78 is 37.9. The van der Waals surface area contributed by atoms with Gasteiger partial charge >= 0.3 is 6.18 Å². The number of H-pyrrole nitrogens is 1. The van der Waals surface area contributed by atoms with E-state index in [1.165, 1.54) is 6.92 Å². The average molecular weight is 428 g/mol. The Balaban J connectivity index is 1.93. The molecule has 0 radical (unpaired) electrons. The van der Waals surface area contributed by atoms with Gasteiger partial charge in [-0.05, 0) is 49.8 Å². The molecule has 0 saturated carbocycles. The number of aliphatic hydroxyl groups excluding tert-OH is 1. The van der Waals surface area contributed by atoms with Crippen molar-refractivity contribution in [1.82, 2.24) is 15.0 Å². The predicted molar refractivity (Wildman–Crippen MR) is 112 cm³/mol. The fraction of sp³-hybridized carbons (Fsp3) is 0.136. The maximum absolute atomic E-state index is 12.6. The zero-order valence-corrected chi connectivity index (χ0v) is 16.7. The van der Waals surface area contributed by atoms with Gasteiger partial charge in [0.15, 0.2) is 0 Å². The average Bonchev–Trinajstić information content (AvgIpc) is 3.13. The fourth-order valence-electron chi connectivity index (χ4n) is 2.88. The minimum Gasteiger partial charge on any atom is -0.510 e. The van der Waals surface area contributed by atoms with Crippen molar-refractivity contribution in [3.05, 3.63) is 76.7 Å². The predicted octanol–water partition coefficient (Wildman–Crippen LogP) is 3.70. The normalized spacial score (nSPS) is 13.1. The zero-order chi connectivity index (χ0) is 22.8. The van der Waals surface area contributed by atoms with E-state index in [9.17, 15) is 23.1 Å². The minimum atomic E-state index is -4.57. The molecule has 2 heterocycles. The van der Waals surface area contributed by atoms with Gasteiger partial charge in [0.2, 0.25) is 0 Å². The largest absolute Gasteiger partial charge is 0.510 e. The van der Waals surface area contributed by atoms with Gasteiger partial charge in [0, 0.05) is 17.4 Å². The van der Waals surface area contributed by atoms with Crippen molar-refractivity contribution in [1.29, 1.82) is 0 Å². The molecule has 0 aliphatic carbocycles. The molecule has 0 spiro atoms. The maximum atomic E-state index is 12.6. The van der Waals surface area contributed by atoms with Crippen LogP contribution in [-0.4, -0.2) is 26.0 Å². The summed E-state index contributed by atoms with van der Waals surface area (Å²) in [5.74, 6) is -0.0924. The Morgan fingerprint density at radius 3 is 2.58 bits per heavy atom. The van der Waals surface area contributed by atoms with Crippen molar-refractivity contribution in [3.8, 4) is 11.4 Å². The van der Waals surface area contributed by atoms with E-state index in [4.69, 9.17) is 0 Å². The number of allylic oxidation sites excluding steroid dienone is 1. The van der Waals surface area contributed by atoms with Crippen LogP contribution in [0.15, 0.2) is 49.2 Å². The number of nitrogens with one attached hydrogen (secondary N) is 2. The highest BCUT2D eigenvalue weighted by molar-refractivity contribution is 6.04. The molecule has 2 aromatic heterocycles. The number of hydrogen-bond donors (Lipinski definition) is 3. The van der Waals surface area contributed by atoms with Gasteiger partial charge in [0.25, 0.3) is 5.91 Å². The van der Waals surface area contributed by atoms with Gasteiger partial charge < -0.3 is 15.4 Å². The summed E-state index contributed by atoms with van der Waals surface area (Å²) >= 11 is 0. The Kier molecular flexibility index (Phi) is 5.96. The first-order valence-corrected chi connectivity index (χ1v) is 9.14. The monoisotopic (exact) mass is 428 g/mol. The molecule has 160 valence electrons. The molecular weight excluding hydrogens is 409 g/mol. The lowest BCUT2D eigenvalue weighted by atomic mass is 10.1. The molecule has 9 heteroatoms. The molecule has 31 heavy (non-hydrogen) atoms. The van der Waals surface area contributed by atoms with Crippen LogP contribution >= 0.6 is 0 Å². The number of benzene rings is 1. The first kappa shape index (κ1) is 21.8. The van der Waals surface area contributed by atoms with Crippen LogP contribution in [0.2, 0.25) is 0 Å². The second-order valence-corrected chi connectivity index (χ2v) is 6.75. The molecule has 0 aliphatic heterocycles. The molecule has 1 amide bonds. The van der Waals surface area contributed by atoms with Crippen molar-refractivity contribution in [2.45, 2.75) is 20.0 Å². The van der Waals surface area contributed by atoms with E-state index in [0.717, 1.165) is 23.9 Å². The Bertz CT molecular complexity index is 1260. The molecule has 0 atom stereocenters. The lowest BCUT2D eigenvalue weighted by Crippen LogP contribution is -2.26. The summed E-state index contributed by atoms with van der Waals surface area (Å²) in [6.45, 7) is 7.01. The molecular formula is C22H19F3N4O2. The first-order valence-electron chi connectivity index (χ1n) is 9.14. The van der Waals surface area contributed by atoms with E-state index in [1.54, 1.807) is 30.4 Å². The van der Waals surface area contributed by atoms with Crippen LogP contribution in [0, 0.1) is 6.92 Å². The Labute approximate surface area is 175 Å². The van der Waals surface area contributed by atoms with E-state index in [1.807, 2.05) is 6.92 Å². The van der Waals surface area contributed by atoms with Crippen molar-refractivity contribution < 1.29 is 23.1 Å². The van der Waals surface area contributed by atoms with Crippen molar-refractivity contribution in [2.24, 2.45) is 0 Å². The quantitative estimate of drug-likeness (QED) is 0.591. The highest BCUT2D eigenvalue weighted by Gasteiger charge is 2.32. The van der Waals surface area contributed by atoms with E-state index in [-0.39, 0.29) is 11.3 Å². The lowest BCUT2D eigenvalue weighted by Gasteiger charge is -2.10. The third kappa shape index (κ3) is 4.82. The molecule has 3 rings (SSSR count). The number of aryl methyl sites for hydroxylation is 1. The molecule has 3 N–H and O–H groups in total. The Morgan fingerprint density at radius 2 is 2.00 bits per heavy atom. The third-order valence-electron chi connectivity index (χ3n) is 4.43. The van der Waals surface area contributed by atoms with Gasteiger partial charge in [0.05, 0.1) is 10.9 Å². The SMILES string of the molecule is C=C/C=c1/[nH]c(-c2cc(NC(=O)c3ccc(C(F)(F)F)nc3)ccc2C)n/c1=C(/C)O. The standard InChI is InChI=1S/C22H19F3N4O2/c1-4-5-17-19(13(3)30)29-20(28-17)16-10-15(8-6-12(16)2)27-21(31)14-7-9-18(26-11-14)22(23,24)25/h4-11,30H,1H2,2-3H3,(H,27,31)(H,28,29)/b17-5+,19-13-. The summed E-state index contributed by atoms with van der Waals surface area (Å²) in [6.07, 6.45) is -0.465. The summed E-state index contributed by atoms with van der Waals surface area (Å²) in [7, 11) is 0. The smallest absolute Gasteiger partial charge is 0.433 e. The number of hydrogen-bond acceptors (Lipinski definition) is 4. The van der Waals surface area contributed by atoms with E-state index >= 15 is 0 Å². The lowest BCUT2D eigenvalue weighted by molar-refractivity contribution is -0.141. The van der Waals surface area contributed by atoms with Gasteiger partial charge in [0.1, 0.15) is 22.6 Å². The number of aromatic nitrogens is 3. The number of aliphatic hydroxyl groups is 1. The maximum Gasteiger partial charge on any atom is 0.433 e. The van der Waals surface area contributed by atoms with Gasteiger partial charge in [-0.25, -0.2) is 4.98 Å². The minimum absolute atomic E-state index is 0.0104. The number of rotatable bonds is 4. The van der Waals surface area contributed by atoms with Crippen LogP contribution in [0.1, 0.15) is 28.5 Å². The number of anilines is 1. The highest BCUT2D eigenvalue weighted by atomic mass is 19.4. The summed E-state index contributed by atoms with van der Waals surface area (Å²) in [4.78, 5) is 23.3. The van der Waals surface area contributed by atoms with E-state index < -0.39 is 17.8 Å². The van der Waals surface area contributed by atoms with Gasteiger partial charge in [-0.3, -0.25) is 9.78 Å². The van der Waals surface area contributed by atoms with Crippen LogP contribution in [0.3, 0.4) is 0 Å². The fourth-order valence-corrected chi connectivity index (χ4v) is 2.88. The zero-order valence-electron chi connectivity index (χ0n) is 16.7. The molecule has 0 fully saturated rings. The number of alkyl halides is 3. The molecule has 0 aliphatic rings. The summed E-state index contributed by atoms with van der Waals surface area (Å²) in [5, 5.41) is 13.5. The Hall–Kier alpha value is -3.88. The van der Waals surface area contributed by atoms with Crippen LogP contribution in [0.4, 0.5) is 18.9 Å². The number of carbonyl (C=O) groups is 1. The van der Waals surface area contributed by atoms with E-state index in [2.05, 4.69) is 26.8 Å². The number of halogens is 3. The van der Waals surface area contributed by atoms with Crippen LogP contribution in [0.25, 0.3) is 23.2 Å². The Morgan fingerprint density at radius 1 is 1.26 bits per heavy atom. The number of imidazole rings is 1. The van der Waals surface area contributed by atoms with Crippen molar-refractivity contribution in [2.75, 3.05) is 5.32 Å². The third-order valence-corrected chi connectivity index (χ3v) is 4.43. The molecule has 0 saturated heterocycles. The van der Waals surface area contributed by atoms with Crippen LogP contribution in [-0.2, 0) is 6.18 Å². The molecule has 3 aromatic rings. The van der Waals surface area contributed by atoms with Crippen molar-refractivity contribution >= 4 is 23.4 Å². The molecule has 0 bridgehead atoms. The summed E-state index contributed by atoms with van der Waals surface area (Å²) in [6, 6.07) is 6.93. The van der Waals surface area contributed by atoms with Crippen LogP contribution < -0.4 is 16.0 Å². The number of pyridine rings is 1. The van der Waals surface area contributed by atoms with Gasteiger partial charge in [-0.1, -0.05) is 18.7 Å². The number of nitrogens with zero attached hydrogens (tertiary/aromatic N) is 2. The number of amides is 1. The second-order valence-electron chi connectivity index (χ2n) is 6.75. The van der Waals surface area contributed by atoms with Crippen molar-refractivity contribution in [3.63, 3.8) is 0 Å². The molecule has 6 nitrogen and oxygen atoms in total.